The van der Waals surface area contributed by atoms with Crippen molar-refractivity contribution in [1.82, 2.24) is 4.98 Å². The van der Waals surface area contributed by atoms with Gasteiger partial charge in [-0.2, -0.15) is 0 Å². The van der Waals surface area contributed by atoms with Gasteiger partial charge < -0.3 is 14.2 Å². The Morgan fingerprint density at radius 3 is 2.32 bits per heavy atom. The number of halogens is 2. The van der Waals surface area contributed by atoms with Gasteiger partial charge in [0, 0.05) is 17.0 Å². The molecule has 0 aliphatic heterocycles. The number of methoxy groups -OCH3 is 2. The van der Waals surface area contributed by atoms with Crippen LogP contribution in [0.1, 0.15) is 23.0 Å². The van der Waals surface area contributed by atoms with Crippen LogP contribution in [-0.2, 0) is 10.6 Å². The van der Waals surface area contributed by atoms with E-state index in [1.54, 1.807) is 31.2 Å². The van der Waals surface area contributed by atoms with Crippen LogP contribution in [0.15, 0.2) is 36.4 Å². The number of rotatable bonds is 6. The minimum atomic E-state index is -0.540. The highest BCUT2D eigenvalue weighted by atomic mass is 35.5. The summed E-state index contributed by atoms with van der Waals surface area (Å²) in [7, 11) is 3.05. The molecular weight excluding hydrogens is 385 g/mol. The first-order chi connectivity index (χ1) is 13.5. The van der Waals surface area contributed by atoms with Gasteiger partial charge in [0.05, 0.1) is 43.5 Å². The Labute approximate surface area is 167 Å². The molecule has 0 N–H and O–H groups in total. The molecule has 0 spiro atoms. The van der Waals surface area contributed by atoms with E-state index < -0.39 is 5.97 Å². The molecule has 1 heterocycles. The molecule has 7 heteroatoms. The smallest absolute Gasteiger partial charge is 0.340 e. The van der Waals surface area contributed by atoms with Crippen molar-refractivity contribution in [1.29, 1.82) is 0 Å². The zero-order valence-electron chi connectivity index (χ0n) is 15.7. The number of alkyl halides is 1. The molecule has 28 heavy (non-hydrogen) atoms. The normalized spacial score (nSPS) is 10.8. The Bertz CT molecular complexity index is 1020. The third-order valence-electron chi connectivity index (χ3n) is 4.30. The van der Waals surface area contributed by atoms with Crippen LogP contribution in [0.4, 0.5) is 4.39 Å². The number of aromatic nitrogens is 1. The molecule has 1 aromatic heterocycles. The second-order valence-corrected chi connectivity index (χ2v) is 6.16. The number of hydrogen-bond donors (Lipinski definition) is 0. The molecule has 0 amide bonds. The van der Waals surface area contributed by atoms with Crippen LogP contribution >= 0.6 is 11.6 Å². The largest absolute Gasteiger partial charge is 0.493 e. The van der Waals surface area contributed by atoms with Crippen LogP contribution in [0.25, 0.3) is 22.0 Å². The van der Waals surface area contributed by atoms with Crippen molar-refractivity contribution in [3.8, 4) is 22.6 Å². The topological polar surface area (TPSA) is 57.7 Å². The first-order valence-corrected chi connectivity index (χ1v) is 9.15. The van der Waals surface area contributed by atoms with Gasteiger partial charge in [-0.05, 0) is 30.7 Å². The molecule has 0 radical (unpaired) electrons. The van der Waals surface area contributed by atoms with Gasteiger partial charge in [0.2, 0.25) is 0 Å². The maximum Gasteiger partial charge on any atom is 0.340 e. The summed E-state index contributed by atoms with van der Waals surface area (Å²) in [6.45, 7) is 1.92. The van der Waals surface area contributed by atoms with Crippen molar-refractivity contribution in [2.45, 2.75) is 12.8 Å². The average molecular weight is 404 g/mol. The fraction of sp³-hybridized carbons (Fsp3) is 0.238. The molecule has 0 fully saturated rings. The molecule has 0 atom stereocenters. The Kier molecular flexibility index (Phi) is 5.99. The zero-order valence-corrected chi connectivity index (χ0v) is 16.5. The molecular formula is C21H19ClFNO4. The van der Waals surface area contributed by atoms with Crippen LogP contribution in [0, 0.1) is 5.82 Å². The quantitative estimate of drug-likeness (QED) is 0.429. The summed E-state index contributed by atoms with van der Waals surface area (Å²) in [6.07, 6.45) is 0. The Morgan fingerprint density at radius 2 is 1.75 bits per heavy atom. The molecule has 2 aromatic carbocycles. The fourth-order valence-electron chi connectivity index (χ4n) is 3.08. The van der Waals surface area contributed by atoms with Gasteiger partial charge in [-0.3, -0.25) is 4.98 Å². The highest BCUT2D eigenvalue weighted by molar-refractivity contribution is 6.18. The first kappa shape index (κ1) is 19.9. The molecule has 0 unspecified atom stereocenters. The van der Waals surface area contributed by atoms with Crippen molar-refractivity contribution >= 4 is 28.5 Å². The summed E-state index contributed by atoms with van der Waals surface area (Å²) < 4.78 is 29.5. The number of pyridine rings is 1. The molecule has 0 saturated heterocycles. The van der Waals surface area contributed by atoms with Gasteiger partial charge in [-0.25, -0.2) is 9.18 Å². The Balaban J connectivity index is 2.45. The molecule has 146 valence electrons. The summed E-state index contributed by atoms with van der Waals surface area (Å²) in [5, 5.41) is 0.640. The maximum absolute atomic E-state index is 13.5. The molecule has 0 aliphatic rings. The molecule has 3 rings (SSSR count). The van der Waals surface area contributed by atoms with E-state index in [-0.39, 0.29) is 23.9 Å². The van der Waals surface area contributed by atoms with Crippen molar-refractivity contribution in [2.75, 3.05) is 20.8 Å². The van der Waals surface area contributed by atoms with E-state index in [0.717, 1.165) is 0 Å². The highest BCUT2D eigenvalue weighted by Gasteiger charge is 2.24. The van der Waals surface area contributed by atoms with E-state index in [9.17, 15) is 9.18 Å². The lowest BCUT2D eigenvalue weighted by atomic mass is 9.94. The van der Waals surface area contributed by atoms with E-state index in [2.05, 4.69) is 4.98 Å². The average Bonchev–Trinajstić information content (AvgIpc) is 2.72. The van der Waals surface area contributed by atoms with E-state index in [1.165, 1.54) is 26.4 Å². The third kappa shape index (κ3) is 3.60. The summed E-state index contributed by atoms with van der Waals surface area (Å²) in [5.74, 6) is 0.0657. The maximum atomic E-state index is 13.5. The zero-order chi connectivity index (χ0) is 20.3. The number of carbonyl (C=O) groups excluding carboxylic acids is 1. The van der Waals surface area contributed by atoms with Crippen LogP contribution in [0.3, 0.4) is 0 Å². The third-order valence-corrected chi connectivity index (χ3v) is 4.56. The minimum Gasteiger partial charge on any atom is -0.493 e. The standard InChI is InChI=1S/C21H19ClFNO4/c1-4-28-21(25)20-16(11-22)24-15-10-18(27-3)17(26-2)9-14(15)19(20)12-5-7-13(23)8-6-12/h5-10H,4,11H2,1-3H3. The summed E-state index contributed by atoms with van der Waals surface area (Å²) in [5.41, 5.74) is 2.39. The number of ether oxygens (including phenoxy) is 3. The van der Waals surface area contributed by atoms with E-state index in [1.807, 2.05) is 0 Å². The summed E-state index contributed by atoms with van der Waals surface area (Å²) in [6, 6.07) is 9.31. The highest BCUT2D eigenvalue weighted by Crippen LogP contribution is 2.39. The van der Waals surface area contributed by atoms with Crippen LogP contribution in [0.2, 0.25) is 0 Å². The second-order valence-electron chi connectivity index (χ2n) is 5.89. The number of benzene rings is 2. The monoisotopic (exact) mass is 403 g/mol. The number of fused-ring (bicyclic) bond motifs is 1. The van der Waals surface area contributed by atoms with Crippen LogP contribution in [0.5, 0.6) is 11.5 Å². The lowest BCUT2D eigenvalue weighted by molar-refractivity contribution is 0.0526. The first-order valence-electron chi connectivity index (χ1n) is 8.61. The SMILES string of the molecule is CCOC(=O)c1c(CCl)nc2cc(OC)c(OC)cc2c1-c1ccc(F)cc1. The number of hydrogen-bond acceptors (Lipinski definition) is 5. The summed E-state index contributed by atoms with van der Waals surface area (Å²) >= 11 is 6.11. The summed E-state index contributed by atoms with van der Waals surface area (Å²) in [4.78, 5) is 17.3. The molecule has 0 saturated carbocycles. The number of nitrogens with zero attached hydrogens (tertiary/aromatic N) is 1. The van der Waals surface area contributed by atoms with E-state index >= 15 is 0 Å². The van der Waals surface area contributed by atoms with Crippen LogP contribution < -0.4 is 9.47 Å². The van der Waals surface area contributed by atoms with Gasteiger partial charge in [0.1, 0.15) is 5.82 Å². The fourth-order valence-corrected chi connectivity index (χ4v) is 3.27. The predicted molar refractivity (Wildman–Crippen MR) is 106 cm³/mol. The van der Waals surface area contributed by atoms with Gasteiger partial charge in [-0.1, -0.05) is 12.1 Å². The Morgan fingerprint density at radius 1 is 1.11 bits per heavy atom. The lowest BCUT2D eigenvalue weighted by Crippen LogP contribution is -2.12. The molecule has 3 aromatic rings. The van der Waals surface area contributed by atoms with Gasteiger partial charge in [0.25, 0.3) is 0 Å². The van der Waals surface area contributed by atoms with Crippen LogP contribution in [-0.4, -0.2) is 31.8 Å². The number of carbonyl (C=O) groups is 1. The van der Waals surface area contributed by atoms with E-state index in [0.29, 0.717) is 39.2 Å². The second kappa shape index (κ2) is 8.44. The predicted octanol–water partition coefficient (Wildman–Crippen LogP) is 4.97. The van der Waals surface area contributed by atoms with E-state index in [4.69, 9.17) is 25.8 Å². The lowest BCUT2D eigenvalue weighted by Gasteiger charge is -2.17. The molecule has 0 aliphatic carbocycles. The van der Waals surface area contributed by atoms with Gasteiger partial charge in [0.15, 0.2) is 11.5 Å². The Hall–Kier alpha value is -2.86. The van der Waals surface area contributed by atoms with Crippen molar-refractivity contribution in [3.05, 3.63) is 53.5 Å². The van der Waals surface area contributed by atoms with Crippen molar-refractivity contribution < 1.29 is 23.4 Å². The molecule has 5 nitrogen and oxygen atoms in total. The van der Waals surface area contributed by atoms with Crippen molar-refractivity contribution in [3.63, 3.8) is 0 Å². The van der Waals surface area contributed by atoms with Crippen molar-refractivity contribution in [2.24, 2.45) is 0 Å². The minimum absolute atomic E-state index is 0.00657. The van der Waals surface area contributed by atoms with Gasteiger partial charge in [-0.15, -0.1) is 11.6 Å². The molecule has 0 bridgehead atoms. The number of esters is 1. The van der Waals surface area contributed by atoms with Gasteiger partial charge >= 0.3 is 5.97 Å².